The van der Waals surface area contributed by atoms with Crippen molar-refractivity contribution in [3.63, 3.8) is 0 Å². The van der Waals surface area contributed by atoms with Gasteiger partial charge in [0, 0.05) is 39.3 Å². The maximum Gasteiger partial charge on any atom is 0.0908 e. The van der Waals surface area contributed by atoms with Crippen LogP contribution in [0.1, 0.15) is 57.8 Å². The number of piperidine rings is 1. The number of para-hydroxylation sites is 2. The van der Waals surface area contributed by atoms with Crippen LogP contribution in [0.3, 0.4) is 0 Å². The molecule has 0 atom stereocenters. The van der Waals surface area contributed by atoms with Crippen LogP contribution in [-0.2, 0) is 4.74 Å². The van der Waals surface area contributed by atoms with Crippen molar-refractivity contribution < 1.29 is 4.74 Å². The van der Waals surface area contributed by atoms with Gasteiger partial charge in [-0.25, -0.2) is 0 Å². The van der Waals surface area contributed by atoms with Crippen molar-refractivity contribution in [2.45, 2.75) is 63.8 Å². The van der Waals surface area contributed by atoms with Gasteiger partial charge in [-0.15, -0.1) is 0 Å². The highest BCUT2D eigenvalue weighted by atomic mass is 16.5. The quantitative estimate of drug-likeness (QED) is 0.704. The fourth-order valence-corrected chi connectivity index (χ4v) is 5.52. The van der Waals surface area contributed by atoms with Gasteiger partial charge in [0.25, 0.3) is 0 Å². The van der Waals surface area contributed by atoms with Crippen molar-refractivity contribution >= 4 is 11.4 Å². The second-order valence-electron chi connectivity index (χ2n) is 9.10. The molecule has 0 spiro atoms. The Hall–Kier alpha value is -1.26. The Balaban J connectivity index is 1.31. The number of hydrogen-bond acceptors (Lipinski definition) is 4. The molecule has 1 aliphatic carbocycles. The van der Waals surface area contributed by atoms with Crippen LogP contribution in [0.5, 0.6) is 0 Å². The van der Waals surface area contributed by atoms with Gasteiger partial charge in [0.2, 0.25) is 0 Å². The molecular weight excluding hydrogens is 346 g/mol. The van der Waals surface area contributed by atoms with Crippen molar-refractivity contribution in [2.75, 3.05) is 56.4 Å². The van der Waals surface area contributed by atoms with Crippen LogP contribution in [0.15, 0.2) is 24.3 Å². The Morgan fingerprint density at radius 3 is 2.29 bits per heavy atom. The van der Waals surface area contributed by atoms with Crippen molar-refractivity contribution in [3.05, 3.63) is 24.3 Å². The van der Waals surface area contributed by atoms with Gasteiger partial charge in [-0.3, -0.25) is 0 Å². The molecule has 4 rings (SSSR count). The first-order valence-electron chi connectivity index (χ1n) is 11.7. The summed E-state index contributed by atoms with van der Waals surface area (Å²) in [6, 6.07) is 9.62. The van der Waals surface area contributed by atoms with E-state index in [0.29, 0.717) is 6.04 Å². The average Bonchev–Trinajstić information content (AvgIpc) is 3.08. The van der Waals surface area contributed by atoms with Crippen LogP contribution in [0.4, 0.5) is 11.4 Å². The number of ether oxygens (including phenoxy) is 1. The van der Waals surface area contributed by atoms with Crippen LogP contribution in [-0.4, -0.2) is 57.5 Å². The molecule has 4 heteroatoms. The molecule has 0 bridgehead atoms. The summed E-state index contributed by atoms with van der Waals surface area (Å²) in [5.74, 6) is 0.953. The first-order chi connectivity index (χ1) is 13.8. The molecule has 2 fully saturated rings. The SMILES string of the molecule is COCCN1CN(C2CCN(CC3CCCCCCC3)CC2)c2ccccc21. The summed E-state index contributed by atoms with van der Waals surface area (Å²) in [7, 11) is 1.80. The van der Waals surface area contributed by atoms with E-state index in [2.05, 4.69) is 39.0 Å². The minimum atomic E-state index is 0.683. The van der Waals surface area contributed by atoms with Crippen LogP contribution in [0.25, 0.3) is 0 Å². The lowest BCUT2D eigenvalue weighted by Crippen LogP contribution is -2.47. The van der Waals surface area contributed by atoms with Gasteiger partial charge >= 0.3 is 0 Å². The molecule has 1 aromatic carbocycles. The number of benzene rings is 1. The summed E-state index contributed by atoms with van der Waals surface area (Å²) in [4.78, 5) is 7.92. The highest BCUT2D eigenvalue weighted by Crippen LogP contribution is 2.38. The first-order valence-corrected chi connectivity index (χ1v) is 11.7. The van der Waals surface area contributed by atoms with E-state index in [1.807, 2.05) is 0 Å². The minimum absolute atomic E-state index is 0.683. The molecule has 2 heterocycles. The summed E-state index contributed by atoms with van der Waals surface area (Å²) in [5, 5.41) is 0. The zero-order valence-corrected chi connectivity index (χ0v) is 17.8. The number of methoxy groups -OCH3 is 1. The molecule has 2 aliphatic heterocycles. The van der Waals surface area contributed by atoms with Gasteiger partial charge in [-0.1, -0.05) is 44.2 Å². The van der Waals surface area contributed by atoms with Crippen molar-refractivity contribution in [2.24, 2.45) is 5.92 Å². The molecule has 1 saturated heterocycles. The third kappa shape index (κ3) is 4.83. The van der Waals surface area contributed by atoms with Gasteiger partial charge < -0.3 is 19.4 Å². The maximum atomic E-state index is 5.34. The molecule has 0 N–H and O–H groups in total. The molecule has 0 aromatic heterocycles. The smallest absolute Gasteiger partial charge is 0.0908 e. The van der Waals surface area contributed by atoms with Gasteiger partial charge in [-0.05, 0) is 43.7 Å². The predicted octanol–water partition coefficient (Wildman–Crippen LogP) is 4.74. The standard InChI is InChI=1S/C24H39N3O/c1-28-18-17-26-20-27(24-12-8-7-11-23(24)26)22-13-15-25(16-14-22)19-21-9-5-3-2-4-6-10-21/h7-8,11-12,21-22H,2-6,9-10,13-20H2,1H3. The van der Waals surface area contributed by atoms with Gasteiger partial charge in [0.15, 0.2) is 0 Å². The lowest BCUT2D eigenvalue weighted by atomic mass is 9.90. The van der Waals surface area contributed by atoms with E-state index in [9.17, 15) is 0 Å². The number of fused-ring (bicyclic) bond motifs is 1. The van der Waals surface area contributed by atoms with Gasteiger partial charge in [0.1, 0.15) is 0 Å². The highest BCUT2D eigenvalue weighted by molar-refractivity contribution is 5.76. The fraction of sp³-hybridized carbons (Fsp3) is 0.750. The maximum absolute atomic E-state index is 5.34. The lowest BCUT2D eigenvalue weighted by Gasteiger charge is -2.39. The van der Waals surface area contributed by atoms with E-state index in [1.165, 1.54) is 88.8 Å². The molecule has 0 radical (unpaired) electrons. The molecule has 3 aliphatic rings. The summed E-state index contributed by atoms with van der Waals surface area (Å²) >= 11 is 0. The predicted molar refractivity (Wildman–Crippen MR) is 118 cm³/mol. The zero-order chi connectivity index (χ0) is 19.2. The van der Waals surface area contributed by atoms with Crippen molar-refractivity contribution in [3.8, 4) is 0 Å². The fourth-order valence-electron chi connectivity index (χ4n) is 5.52. The molecule has 1 saturated carbocycles. The molecule has 4 nitrogen and oxygen atoms in total. The Bertz CT molecular complexity index is 591. The molecule has 28 heavy (non-hydrogen) atoms. The topological polar surface area (TPSA) is 19.0 Å². The largest absolute Gasteiger partial charge is 0.383 e. The van der Waals surface area contributed by atoms with Crippen LogP contribution < -0.4 is 9.80 Å². The summed E-state index contributed by atoms with van der Waals surface area (Å²) in [6.45, 7) is 6.70. The lowest BCUT2D eigenvalue weighted by molar-refractivity contribution is 0.167. The van der Waals surface area contributed by atoms with E-state index in [1.54, 1.807) is 7.11 Å². The monoisotopic (exact) mass is 385 g/mol. The van der Waals surface area contributed by atoms with Crippen LogP contribution >= 0.6 is 0 Å². The van der Waals surface area contributed by atoms with E-state index in [0.717, 1.165) is 25.7 Å². The van der Waals surface area contributed by atoms with E-state index < -0.39 is 0 Å². The van der Waals surface area contributed by atoms with Crippen molar-refractivity contribution in [1.29, 1.82) is 0 Å². The second-order valence-corrected chi connectivity index (χ2v) is 9.10. The van der Waals surface area contributed by atoms with E-state index >= 15 is 0 Å². The Morgan fingerprint density at radius 1 is 0.893 bits per heavy atom. The van der Waals surface area contributed by atoms with Crippen molar-refractivity contribution in [1.82, 2.24) is 4.90 Å². The Kier molecular flexibility index (Phi) is 7.14. The first kappa shape index (κ1) is 20.0. The molecule has 0 unspecified atom stereocenters. The van der Waals surface area contributed by atoms with E-state index in [-0.39, 0.29) is 0 Å². The molecule has 0 amide bonds. The third-order valence-electron chi connectivity index (χ3n) is 7.16. The Labute approximate surface area is 171 Å². The van der Waals surface area contributed by atoms with Gasteiger partial charge in [-0.2, -0.15) is 0 Å². The summed E-state index contributed by atoms with van der Waals surface area (Å²) < 4.78 is 5.34. The Morgan fingerprint density at radius 2 is 1.57 bits per heavy atom. The molecular formula is C24H39N3O. The van der Waals surface area contributed by atoms with Crippen LogP contribution in [0, 0.1) is 5.92 Å². The second kappa shape index (κ2) is 9.98. The number of anilines is 2. The summed E-state index contributed by atoms with van der Waals surface area (Å²) in [6.07, 6.45) is 12.9. The zero-order valence-electron chi connectivity index (χ0n) is 17.8. The number of rotatable bonds is 6. The third-order valence-corrected chi connectivity index (χ3v) is 7.16. The summed E-state index contributed by atoms with van der Waals surface area (Å²) in [5.41, 5.74) is 2.81. The average molecular weight is 386 g/mol. The number of nitrogens with zero attached hydrogens (tertiary/aromatic N) is 3. The molecule has 156 valence electrons. The van der Waals surface area contributed by atoms with Gasteiger partial charge in [0.05, 0.1) is 24.7 Å². The number of hydrogen-bond donors (Lipinski definition) is 0. The minimum Gasteiger partial charge on any atom is -0.383 e. The van der Waals surface area contributed by atoms with Crippen LogP contribution in [0.2, 0.25) is 0 Å². The number of likely N-dealkylation sites (tertiary alicyclic amines) is 1. The molecule has 1 aromatic rings. The highest BCUT2D eigenvalue weighted by Gasteiger charge is 2.32. The van der Waals surface area contributed by atoms with E-state index in [4.69, 9.17) is 4.74 Å². The normalized spacial score (nSPS) is 22.9.